The lowest BCUT2D eigenvalue weighted by molar-refractivity contribution is -0.123. The number of benzene rings is 1. The Morgan fingerprint density at radius 2 is 2.00 bits per heavy atom. The highest BCUT2D eigenvalue weighted by molar-refractivity contribution is 7.80. The Morgan fingerprint density at radius 1 is 1.33 bits per heavy atom. The lowest BCUT2D eigenvalue weighted by atomic mass is 9.89. The van der Waals surface area contributed by atoms with Crippen molar-refractivity contribution < 1.29 is 9.53 Å². The normalized spacial score (nSPS) is 21.8. The van der Waals surface area contributed by atoms with Crippen molar-refractivity contribution >= 4 is 28.8 Å². The molecule has 4 nitrogen and oxygen atoms in total. The van der Waals surface area contributed by atoms with E-state index in [0.29, 0.717) is 11.3 Å². The molecule has 0 aliphatic heterocycles. The number of nitrogens with one attached hydrogen (secondary N) is 1. The molecule has 3 N–H and O–H groups in total. The van der Waals surface area contributed by atoms with Crippen molar-refractivity contribution in [2.45, 2.75) is 38.7 Å². The van der Waals surface area contributed by atoms with Crippen LogP contribution >= 0.6 is 12.2 Å². The molecule has 1 aromatic carbocycles. The Balaban J connectivity index is 1.83. The molecule has 114 valence electrons. The van der Waals surface area contributed by atoms with E-state index in [1.807, 2.05) is 12.1 Å². The number of para-hydroxylation sites is 1. The van der Waals surface area contributed by atoms with Gasteiger partial charge < -0.3 is 15.8 Å². The monoisotopic (exact) mass is 306 g/mol. The number of carbonyl (C=O) groups is 1. The number of hydrogen-bond donors (Lipinski definition) is 2. The first-order valence-corrected chi connectivity index (χ1v) is 7.77. The number of thiocarbonyl (C=S) groups is 1. The van der Waals surface area contributed by atoms with Crippen molar-refractivity contribution in [2.24, 2.45) is 11.7 Å². The summed E-state index contributed by atoms with van der Waals surface area (Å²) in [6.45, 7) is 2.33. The molecule has 0 atom stereocenters. The highest BCUT2D eigenvalue weighted by Crippen LogP contribution is 2.25. The predicted molar refractivity (Wildman–Crippen MR) is 88.3 cm³/mol. The fourth-order valence-electron chi connectivity index (χ4n) is 2.58. The fraction of sp³-hybridized carbons (Fsp3) is 0.500. The second kappa shape index (κ2) is 7.52. The van der Waals surface area contributed by atoms with Gasteiger partial charge in [-0.25, -0.2) is 0 Å². The Bertz CT molecular complexity index is 511. The van der Waals surface area contributed by atoms with E-state index in [9.17, 15) is 4.79 Å². The van der Waals surface area contributed by atoms with Crippen molar-refractivity contribution in [1.29, 1.82) is 0 Å². The van der Waals surface area contributed by atoms with Crippen LogP contribution in [0.25, 0.3) is 0 Å². The summed E-state index contributed by atoms with van der Waals surface area (Å²) in [7, 11) is 0. The van der Waals surface area contributed by atoms with Crippen LogP contribution in [0.4, 0.5) is 5.69 Å². The third-order valence-corrected chi connectivity index (χ3v) is 4.10. The zero-order valence-corrected chi connectivity index (χ0v) is 13.1. The average molecular weight is 306 g/mol. The van der Waals surface area contributed by atoms with E-state index in [4.69, 9.17) is 22.7 Å². The molecule has 1 saturated carbocycles. The molecule has 5 heteroatoms. The number of carbonyl (C=O) groups excluding carboxylic acids is 1. The Morgan fingerprint density at radius 3 is 2.67 bits per heavy atom. The number of anilines is 1. The van der Waals surface area contributed by atoms with Gasteiger partial charge in [0.15, 0.2) is 0 Å². The van der Waals surface area contributed by atoms with Crippen LogP contribution in [-0.4, -0.2) is 23.6 Å². The number of rotatable bonds is 5. The first-order chi connectivity index (χ1) is 10.1. The summed E-state index contributed by atoms with van der Waals surface area (Å²) in [5.74, 6) is 0.605. The van der Waals surface area contributed by atoms with Gasteiger partial charge in [0.25, 0.3) is 0 Å². The summed E-state index contributed by atoms with van der Waals surface area (Å²) in [6.07, 6.45) is 4.64. The average Bonchev–Trinajstić information content (AvgIpc) is 2.47. The molecule has 0 saturated heterocycles. The summed E-state index contributed by atoms with van der Waals surface area (Å²) < 4.78 is 5.69. The van der Waals surface area contributed by atoms with Gasteiger partial charge in [0, 0.05) is 5.56 Å². The molecule has 0 bridgehead atoms. The summed E-state index contributed by atoms with van der Waals surface area (Å²) in [4.78, 5) is 12.2. The van der Waals surface area contributed by atoms with Gasteiger partial charge in [-0.15, -0.1) is 0 Å². The van der Waals surface area contributed by atoms with Gasteiger partial charge in [-0.05, 0) is 43.7 Å². The van der Waals surface area contributed by atoms with Gasteiger partial charge >= 0.3 is 0 Å². The molecule has 1 amide bonds. The van der Waals surface area contributed by atoms with Crippen LogP contribution < -0.4 is 11.1 Å². The second-order valence-corrected chi connectivity index (χ2v) is 6.09. The Hall–Kier alpha value is -1.46. The van der Waals surface area contributed by atoms with Gasteiger partial charge in [0.1, 0.15) is 11.6 Å². The van der Waals surface area contributed by atoms with E-state index in [-0.39, 0.29) is 23.6 Å². The van der Waals surface area contributed by atoms with Crippen LogP contribution in [-0.2, 0) is 9.53 Å². The van der Waals surface area contributed by atoms with E-state index in [1.165, 1.54) is 12.8 Å². The highest BCUT2D eigenvalue weighted by atomic mass is 32.1. The molecule has 0 unspecified atom stereocenters. The third kappa shape index (κ3) is 4.79. The summed E-state index contributed by atoms with van der Waals surface area (Å²) in [5.41, 5.74) is 6.95. The maximum Gasteiger partial charge on any atom is 0.250 e. The first-order valence-electron chi connectivity index (χ1n) is 7.36. The minimum Gasteiger partial charge on any atom is -0.389 e. The van der Waals surface area contributed by atoms with E-state index in [1.54, 1.807) is 12.1 Å². The minimum atomic E-state index is -0.169. The van der Waals surface area contributed by atoms with Crippen molar-refractivity contribution in [3.8, 4) is 0 Å². The smallest absolute Gasteiger partial charge is 0.250 e. The lowest BCUT2D eigenvalue weighted by Gasteiger charge is -2.26. The van der Waals surface area contributed by atoms with E-state index in [0.717, 1.165) is 18.8 Å². The molecule has 21 heavy (non-hydrogen) atoms. The molecule has 1 aromatic rings. The summed E-state index contributed by atoms with van der Waals surface area (Å²) >= 11 is 4.98. The second-order valence-electron chi connectivity index (χ2n) is 5.65. The highest BCUT2D eigenvalue weighted by Gasteiger charge is 2.19. The topological polar surface area (TPSA) is 64.3 Å². The molecule has 2 rings (SSSR count). The van der Waals surface area contributed by atoms with E-state index < -0.39 is 0 Å². The third-order valence-electron chi connectivity index (χ3n) is 3.88. The van der Waals surface area contributed by atoms with E-state index in [2.05, 4.69) is 12.2 Å². The summed E-state index contributed by atoms with van der Waals surface area (Å²) in [5, 5.41) is 2.81. The van der Waals surface area contributed by atoms with Crippen LogP contribution in [0.3, 0.4) is 0 Å². The van der Waals surface area contributed by atoms with Gasteiger partial charge in [-0.3, -0.25) is 4.79 Å². The summed E-state index contributed by atoms with van der Waals surface area (Å²) in [6, 6.07) is 7.25. The standard InChI is InChI=1S/C16H22N2O2S/c1-11-6-8-12(9-7-11)20-10-15(19)18-14-5-3-2-4-13(14)16(17)21/h2-5,11-12H,6-10H2,1H3,(H2,17,21)(H,18,19). The number of nitrogens with two attached hydrogens (primary N) is 1. The van der Waals surface area contributed by atoms with E-state index >= 15 is 0 Å². The van der Waals surface area contributed by atoms with Crippen molar-refractivity contribution in [2.75, 3.05) is 11.9 Å². The van der Waals surface area contributed by atoms with Gasteiger partial charge in [-0.1, -0.05) is 31.3 Å². The molecular formula is C16H22N2O2S. The maximum absolute atomic E-state index is 12.0. The fourth-order valence-corrected chi connectivity index (χ4v) is 2.76. The molecule has 0 radical (unpaired) electrons. The van der Waals surface area contributed by atoms with Crippen LogP contribution in [0.5, 0.6) is 0 Å². The molecule has 0 heterocycles. The molecule has 1 aliphatic rings. The Labute approximate surface area is 131 Å². The SMILES string of the molecule is CC1CCC(OCC(=O)Nc2ccccc2C(N)=S)CC1. The van der Waals surface area contributed by atoms with Crippen molar-refractivity contribution in [1.82, 2.24) is 0 Å². The molecule has 0 spiro atoms. The molecule has 1 aliphatic carbocycles. The van der Waals surface area contributed by atoms with Crippen molar-refractivity contribution in [3.05, 3.63) is 29.8 Å². The zero-order valence-electron chi connectivity index (χ0n) is 12.3. The van der Waals surface area contributed by atoms with Gasteiger partial charge in [0.2, 0.25) is 5.91 Å². The zero-order chi connectivity index (χ0) is 15.2. The van der Waals surface area contributed by atoms with Gasteiger partial charge in [0.05, 0.1) is 11.8 Å². The number of ether oxygens (including phenoxy) is 1. The minimum absolute atomic E-state index is 0.0741. The van der Waals surface area contributed by atoms with Crippen LogP contribution in [0.2, 0.25) is 0 Å². The van der Waals surface area contributed by atoms with Gasteiger partial charge in [-0.2, -0.15) is 0 Å². The van der Waals surface area contributed by atoms with Crippen LogP contribution in [0, 0.1) is 5.92 Å². The lowest BCUT2D eigenvalue weighted by Crippen LogP contribution is -2.27. The van der Waals surface area contributed by atoms with Crippen LogP contribution in [0.1, 0.15) is 38.2 Å². The maximum atomic E-state index is 12.0. The number of amides is 1. The predicted octanol–water partition coefficient (Wildman–Crippen LogP) is 2.85. The van der Waals surface area contributed by atoms with Crippen molar-refractivity contribution in [3.63, 3.8) is 0 Å². The number of hydrogen-bond acceptors (Lipinski definition) is 3. The largest absolute Gasteiger partial charge is 0.389 e. The molecule has 0 aromatic heterocycles. The quantitative estimate of drug-likeness (QED) is 0.821. The Kier molecular flexibility index (Phi) is 5.70. The molecular weight excluding hydrogens is 284 g/mol. The molecule has 1 fully saturated rings. The first kappa shape index (κ1) is 15.9. The van der Waals surface area contributed by atoms with Crippen LogP contribution in [0.15, 0.2) is 24.3 Å².